The minimum atomic E-state index is -0.400. The van der Waals surface area contributed by atoms with Crippen molar-refractivity contribution < 1.29 is 19.1 Å². The van der Waals surface area contributed by atoms with Crippen molar-refractivity contribution in [2.75, 3.05) is 13.7 Å². The first kappa shape index (κ1) is 28.2. The highest BCUT2D eigenvalue weighted by molar-refractivity contribution is 6.06. The quantitative estimate of drug-likeness (QED) is 0.320. The van der Waals surface area contributed by atoms with E-state index in [0.29, 0.717) is 37.5 Å². The second kappa shape index (κ2) is 10.9. The van der Waals surface area contributed by atoms with E-state index in [-0.39, 0.29) is 22.4 Å². The number of unbranched alkanes of at least 4 members (excludes halogenated alkanes) is 1. The van der Waals surface area contributed by atoms with Crippen molar-refractivity contribution in [3.63, 3.8) is 0 Å². The van der Waals surface area contributed by atoms with Crippen LogP contribution in [0, 0.1) is 10.8 Å². The lowest BCUT2D eigenvalue weighted by atomic mass is 9.63. The summed E-state index contributed by atoms with van der Waals surface area (Å²) in [6, 6.07) is 16.3. The van der Waals surface area contributed by atoms with E-state index in [1.54, 1.807) is 7.11 Å². The van der Waals surface area contributed by atoms with E-state index in [4.69, 9.17) is 9.47 Å². The van der Waals surface area contributed by atoms with Crippen molar-refractivity contribution in [3.8, 4) is 11.5 Å². The SMILES string of the molecule is CCCCOc1ccc(C2C3=C(CC(C)(C)CC3=O)N(Cc3ccccc3)C3=C2C(=O)CC(C)(C)C3)cc1OC. The molecule has 5 nitrogen and oxygen atoms in total. The highest BCUT2D eigenvalue weighted by Gasteiger charge is 2.49. The van der Waals surface area contributed by atoms with Gasteiger partial charge in [-0.2, -0.15) is 0 Å². The number of allylic oxidation sites excluding steroid dienone is 4. The van der Waals surface area contributed by atoms with Gasteiger partial charge in [0.15, 0.2) is 23.1 Å². The molecule has 1 heterocycles. The Morgan fingerprint density at radius 3 is 1.98 bits per heavy atom. The van der Waals surface area contributed by atoms with Crippen LogP contribution in [0.15, 0.2) is 71.1 Å². The Balaban J connectivity index is 1.70. The minimum Gasteiger partial charge on any atom is -0.493 e. The van der Waals surface area contributed by atoms with E-state index in [0.717, 1.165) is 53.8 Å². The molecule has 212 valence electrons. The maximum Gasteiger partial charge on any atom is 0.162 e. The molecule has 0 saturated carbocycles. The van der Waals surface area contributed by atoms with Crippen LogP contribution in [0.5, 0.6) is 11.5 Å². The van der Waals surface area contributed by atoms with Gasteiger partial charge in [0.25, 0.3) is 0 Å². The van der Waals surface area contributed by atoms with Crippen molar-refractivity contribution in [2.45, 2.75) is 85.6 Å². The van der Waals surface area contributed by atoms with E-state index in [9.17, 15) is 9.59 Å². The smallest absolute Gasteiger partial charge is 0.162 e. The second-order valence-corrected chi connectivity index (χ2v) is 13.2. The predicted molar refractivity (Wildman–Crippen MR) is 158 cm³/mol. The molecule has 2 aromatic carbocycles. The number of ketones is 2. The van der Waals surface area contributed by atoms with Gasteiger partial charge in [0.1, 0.15) is 0 Å². The number of carbonyl (C=O) groups is 2. The van der Waals surface area contributed by atoms with E-state index in [1.807, 2.05) is 24.3 Å². The predicted octanol–water partition coefficient (Wildman–Crippen LogP) is 7.76. The molecule has 0 radical (unpaired) electrons. The molecule has 1 aliphatic heterocycles. The van der Waals surface area contributed by atoms with Crippen LogP contribution in [0.25, 0.3) is 0 Å². The molecule has 3 aliphatic rings. The van der Waals surface area contributed by atoms with Crippen LogP contribution in [0.4, 0.5) is 0 Å². The fraction of sp³-hybridized carbons (Fsp3) is 0.486. The molecule has 5 rings (SSSR count). The number of hydrogen-bond acceptors (Lipinski definition) is 5. The van der Waals surface area contributed by atoms with Gasteiger partial charge in [-0.15, -0.1) is 0 Å². The first-order chi connectivity index (χ1) is 19.0. The minimum absolute atomic E-state index is 0.140. The zero-order valence-corrected chi connectivity index (χ0v) is 24.9. The number of Topliss-reactive ketones (excluding diaryl/α,β-unsaturated/α-hetero) is 2. The zero-order valence-electron chi connectivity index (χ0n) is 24.9. The van der Waals surface area contributed by atoms with Crippen LogP contribution < -0.4 is 9.47 Å². The number of rotatable bonds is 8. The largest absolute Gasteiger partial charge is 0.493 e. The van der Waals surface area contributed by atoms with Crippen molar-refractivity contribution in [3.05, 3.63) is 82.2 Å². The molecule has 5 heteroatoms. The Kier molecular flexibility index (Phi) is 7.69. The van der Waals surface area contributed by atoms with E-state index in [2.05, 4.69) is 63.8 Å². The maximum absolute atomic E-state index is 14.1. The van der Waals surface area contributed by atoms with Crippen LogP contribution in [-0.4, -0.2) is 30.2 Å². The molecule has 2 aromatic rings. The molecule has 0 unspecified atom stereocenters. The number of ether oxygens (including phenoxy) is 2. The molecule has 0 spiro atoms. The maximum atomic E-state index is 14.1. The summed E-state index contributed by atoms with van der Waals surface area (Å²) in [4.78, 5) is 30.4. The lowest BCUT2D eigenvalue weighted by Gasteiger charge is -2.49. The van der Waals surface area contributed by atoms with Crippen LogP contribution in [0.2, 0.25) is 0 Å². The van der Waals surface area contributed by atoms with Crippen LogP contribution >= 0.6 is 0 Å². The van der Waals surface area contributed by atoms with Crippen molar-refractivity contribution in [1.82, 2.24) is 4.90 Å². The standard InChI is InChI=1S/C35H43NO4/c1-7-8-16-40-29-15-14-24(17-30(29)39-6)31-32-25(18-34(2,3)20-27(32)37)36(22-23-12-10-9-11-13-23)26-19-35(4,5)21-28(38)33(26)31/h9-15,17,31H,7-8,16,18-22H2,1-6H3. The summed E-state index contributed by atoms with van der Waals surface area (Å²) in [6.07, 6.45) is 4.53. The lowest BCUT2D eigenvalue weighted by Crippen LogP contribution is -2.44. The van der Waals surface area contributed by atoms with Gasteiger partial charge in [-0.25, -0.2) is 0 Å². The van der Waals surface area contributed by atoms with Crippen molar-refractivity contribution >= 4 is 11.6 Å². The van der Waals surface area contributed by atoms with Gasteiger partial charge in [-0.3, -0.25) is 9.59 Å². The van der Waals surface area contributed by atoms with E-state index >= 15 is 0 Å². The van der Waals surface area contributed by atoms with Gasteiger partial charge in [0.2, 0.25) is 0 Å². The van der Waals surface area contributed by atoms with Crippen molar-refractivity contribution in [1.29, 1.82) is 0 Å². The van der Waals surface area contributed by atoms with Gasteiger partial charge in [-0.05, 0) is 53.4 Å². The first-order valence-electron chi connectivity index (χ1n) is 14.7. The summed E-state index contributed by atoms with van der Waals surface area (Å²) in [5, 5.41) is 0. The highest BCUT2D eigenvalue weighted by Crippen LogP contribution is 2.55. The second-order valence-electron chi connectivity index (χ2n) is 13.2. The lowest BCUT2D eigenvalue weighted by molar-refractivity contribution is -0.119. The van der Waals surface area contributed by atoms with Gasteiger partial charge in [0, 0.05) is 47.8 Å². The zero-order chi connectivity index (χ0) is 28.7. The average Bonchev–Trinajstić information content (AvgIpc) is 2.89. The van der Waals surface area contributed by atoms with Gasteiger partial charge >= 0.3 is 0 Å². The molecule has 0 atom stereocenters. The monoisotopic (exact) mass is 541 g/mol. The molecular weight excluding hydrogens is 498 g/mol. The summed E-state index contributed by atoms with van der Waals surface area (Å²) >= 11 is 0. The Bertz CT molecular complexity index is 1310. The van der Waals surface area contributed by atoms with Crippen LogP contribution in [0.1, 0.15) is 90.2 Å². The molecular formula is C35H43NO4. The summed E-state index contributed by atoms with van der Waals surface area (Å²) in [7, 11) is 1.65. The van der Waals surface area contributed by atoms with Crippen LogP contribution in [-0.2, 0) is 16.1 Å². The topological polar surface area (TPSA) is 55.8 Å². The Hall–Kier alpha value is -3.34. The van der Waals surface area contributed by atoms with Crippen molar-refractivity contribution in [2.24, 2.45) is 10.8 Å². The number of methoxy groups -OCH3 is 1. The fourth-order valence-electron chi connectivity index (χ4n) is 6.65. The summed E-state index contributed by atoms with van der Waals surface area (Å²) in [6.45, 7) is 12.1. The molecule has 0 saturated heterocycles. The molecule has 0 bridgehead atoms. The first-order valence-corrected chi connectivity index (χ1v) is 14.7. The molecule has 0 aromatic heterocycles. The third kappa shape index (κ3) is 5.48. The Labute approximate surface area is 239 Å². The molecule has 40 heavy (non-hydrogen) atoms. The summed E-state index contributed by atoms with van der Waals surface area (Å²) in [5.41, 5.74) is 5.48. The molecule has 0 amide bonds. The van der Waals surface area contributed by atoms with Gasteiger partial charge in [0.05, 0.1) is 13.7 Å². The highest BCUT2D eigenvalue weighted by atomic mass is 16.5. The third-order valence-corrected chi connectivity index (χ3v) is 8.48. The number of nitrogens with zero attached hydrogens (tertiary/aromatic N) is 1. The van der Waals surface area contributed by atoms with Crippen LogP contribution in [0.3, 0.4) is 0 Å². The number of benzene rings is 2. The Morgan fingerprint density at radius 2 is 1.43 bits per heavy atom. The number of carbonyl (C=O) groups excluding carboxylic acids is 2. The normalized spacial score (nSPS) is 20.4. The molecule has 0 fully saturated rings. The molecule has 0 N–H and O–H groups in total. The third-order valence-electron chi connectivity index (χ3n) is 8.48. The number of hydrogen-bond donors (Lipinski definition) is 0. The van der Waals surface area contributed by atoms with Gasteiger partial charge < -0.3 is 14.4 Å². The van der Waals surface area contributed by atoms with E-state index in [1.165, 1.54) is 5.56 Å². The van der Waals surface area contributed by atoms with E-state index < -0.39 is 5.92 Å². The Morgan fingerprint density at radius 1 is 0.825 bits per heavy atom. The molecule has 2 aliphatic carbocycles. The van der Waals surface area contributed by atoms with Gasteiger partial charge in [-0.1, -0.05) is 77.4 Å². The average molecular weight is 542 g/mol. The summed E-state index contributed by atoms with van der Waals surface area (Å²) in [5.74, 6) is 1.21. The fourth-order valence-corrected chi connectivity index (χ4v) is 6.65. The summed E-state index contributed by atoms with van der Waals surface area (Å²) < 4.78 is 11.8.